The molecule has 0 aliphatic heterocycles. The molecular weight excluding hydrogens is 406 g/mol. The second-order valence-electron chi connectivity index (χ2n) is 6.39. The van der Waals surface area contributed by atoms with E-state index in [1.54, 1.807) is 20.8 Å². The summed E-state index contributed by atoms with van der Waals surface area (Å²) < 4.78 is 44.8. The Hall–Kier alpha value is -2.37. The first kappa shape index (κ1) is 20.9. The number of nitrogens with zero attached hydrogens (tertiary/aromatic N) is 2. The minimum Gasteiger partial charge on any atom is -0.444 e. The number of nitrogens with one attached hydrogen (secondary N) is 1. The molecule has 10 heteroatoms. The van der Waals surface area contributed by atoms with E-state index in [0.29, 0.717) is 0 Å². The van der Waals surface area contributed by atoms with Gasteiger partial charge in [-0.1, -0.05) is 29.1 Å². The van der Waals surface area contributed by atoms with Crippen molar-refractivity contribution in [2.75, 3.05) is 5.32 Å². The summed E-state index contributed by atoms with van der Waals surface area (Å²) in [5, 5.41) is 5.85. The van der Waals surface area contributed by atoms with Crippen LogP contribution < -0.4 is 5.32 Å². The van der Waals surface area contributed by atoms with Crippen LogP contribution in [0, 0.1) is 12.3 Å². The van der Waals surface area contributed by atoms with Crippen molar-refractivity contribution in [3.05, 3.63) is 39.5 Å². The smallest absolute Gasteiger partial charge is 0.416 e. The Kier molecular flexibility index (Phi) is 5.68. The third kappa shape index (κ3) is 5.08. The largest absolute Gasteiger partial charge is 0.444 e. The lowest BCUT2D eigenvalue weighted by Crippen LogP contribution is -2.27. The lowest BCUT2D eigenvalue weighted by molar-refractivity contribution is -0.137. The summed E-state index contributed by atoms with van der Waals surface area (Å²) in [6.07, 6.45) is 1.29. The van der Waals surface area contributed by atoms with Crippen LogP contribution in [0.15, 0.2) is 18.3 Å². The molecular formula is C17H14Cl2F3N3O2. The fourth-order valence-electron chi connectivity index (χ4n) is 2.03. The molecule has 5 nitrogen and oxygen atoms in total. The summed E-state index contributed by atoms with van der Waals surface area (Å²) in [7, 11) is 0. The molecule has 1 heterocycles. The lowest BCUT2D eigenvalue weighted by atomic mass is 10.2. The molecule has 0 unspecified atom stereocenters. The number of ether oxygens (including phenoxy) is 1. The van der Waals surface area contributed by atoms with Crippen molar-refractivity contribution in [2.45, 2.75) is 32.5 Å². The average Bonchev–Trinajstić information content (AvgIpc) is 2.85. The molecule has 0 fully saturated rings. The zero-order chi connectivity index (χ0) is 20.6. The summed E-state index contributed by atoms with van der Waals surface area (Å²) in [6.45, 7) is 5.03. The number of hydrogen-bond acceptors (Lipinski definition) is 3. The number of carbonyl (C=O) groups is 1. The van der Waals surface area contributed by atoms with E-state index in [9.17, 15) is 18.0 Å². The molecule has 0 spiro atoms. The number of hydrogen-bond donors (Lipinski definition) is 1. The first-order valence-electron chi connectivity index (χ1n) is 7.44. The number of rotatable bonds is 2. The zero-order valence-corrected chi connectivity index (χ0v) is 15.9. The maximum Gasteiger partial charge on any atom is 0.416 e. The second-order valence-corrected chi connectivity index (χ2v) is 7.21. The first-order chi connectivity index (χ1) is 12.3. The number of benzene rings is 1. The molecule has 27 heavy (non-hydrogen) atoms. The maximum atomic E-state index is 12.9. The standard InChI is InChI=1S/C17H14Cl2F3N3O2/c1-5-9-8-25(24-14(9)23-15(26)27-16(2,3)4)13-11(18)6-10(7-12(13)19)17(20,21)22/h1,6-8H,2-4H3,(H,23,24,26). The Morgan fingerprint density at radius 2 is 1.81 bits per heavy atom. The van der Waals surface area contributed by atoms with Gasteiger partial charge in [-0.25, -0.2) is 9.48 Å². The van der Waals surface area contributed by atoms with Gasteiger partial charge in [0.1, 0.15) is 11.3 Å². The van der Waals surface area contributed by atoms with Gasteiger partial charge in [0.15, 0.2) is 5.82 Å². The van der Waals surface area contributed by atoms with E-state index in [-0.39, 0.29) is 27.1 Å². The van der Waals surface area contributed by atoms with Crippen molar-refractivity contribution in [3.63, 3.8) is 0 Å². The molecule has 0 bridgehead atoms. The fourth-order valence-corrected chi connectivity index (χ4v) is 2.69. The number of carbonyl (C=O) groups excluding carboxylic acids is 1. The molecule has 0 aliphatic rings. The van der Waals surface area contributed by atoms with Crippen LogP contribution in [-0.2, 0) is 10.9 Å². The number of halogens is 5. The summed E-state index contributed by atoms with van der Waals surface area (Å²) in [5.74, 6) is 2.28. The van der Waals surface area contributed by atoms with Gasteiger partial charge in [0.25, 0.3) is 0 Å². The summed E-state index contributed by atoms with van der Waals surface area (Å²) in [4.78, 5) is 11.9. The predicted octanol–water partition coefficient (Wildman–Crippen LogP) is 5.53. The van der Waals surface area contributed by atoms with Gasteiger partial charge in [0.05, 0.1) is 21.2 Å². The van der Waals surface area contributed by atoms with Crippen LogP contribution in [0.2, 0.25) is 10.0 Å². The van der Waals surface area contributed by atoms with Crippen LogP contribution in [0.5, 0.6) is 0 Å². The quantitative estimate of drug-likeness (QED) is 0.651. The van der Waals surface area contributed by atoms with E-state index < -0.39 is 23.4 Å². The highest BCUT2D eigenvalue weighted by atomic mass is 35.5. The second kappa shape index (κ2) is 7.33. The molecule has 144 valence electrons. The summed E-state index contributed by atoms with van der Waals surface area (Å²) in [6, 6.07) is 1.45. The van der Waals surface area contributed by atoms with E-state index in [1.807, 2.05) is 0 Å². The molecule has 2 aromatic rings. The Morgan fingerprint density at radius 3 is 2.26 bits per heavy atom. The van der Waals surface area contributed by atoms with Gasteiger partial charge >= 0.3 is 12.3 Å². The summed E-state index contributed by atoms with van der Waals surface area (Å²) >= 11 is 11.9. The van der Waals surface area contributed by atoms with E-state index in [2.05, 4.69) is 16.3 Å². The molecule has 0 saturated heterocycles. The maximum absolute atomic E-state index is 12.9. The Morgan fingerprint density at radius 1 is 1.26 bits per heavy atom. The molecule has 0 atom stereocenters. The number of amides is 1. The van der Waals surface area contributed by atoms with Crippen LogP contribution >= 0.6 is 23.2 Å². The van der Waals surface area contributed by atoms with Crippen molar-refractivity contribution in [3.8, 4) is 18.0 Å². The third-order valence-corrected chi connectivity index (χ3v) is 3.64. The van der Waals surface area contributed by atoms with E-state index in [0.717, 1.165) is 16.8 Å². The fraction of sp³-hybridized carbons (Fsp3) is 0.294. The Labute approximate surface area is 163 Å². The molecule has 0 aliphatic carbocycles. The van der Waals surface area contributed by atoms with Gasteiger partial charge in [-0.2, -0.15) is 13.2 Å². The highest BCUT2D eigenvalue weighted by Crippen LogP contribution is 2.37. The molecule has 2 rings (SSSR count). The van der Waals surface area contributed by atoms with Crippen molar-refractivity contribution in [2.24, 2.45) is 0 Å². The van der Waals surface area contributed by atoms with Gasteiger partial charge in [-0.15, -0.1) is 11.5 Å². The van der Waals surface area contributed by atoms with Crippen LogP contribution in [0.4, 0.5) is 23.8 Å². The molecule has 1 aromatic carbocycles. The van der Waals surface area contributed by atoms with Crippen LogP contribution in [0.25, 0.3) is 5.69 Å². The topological polar surface area (TPSA) is 56.2 Å². The van der Waals surface area contributed by atoms with Crippen LogP contribution in [-0.4, -0.2) is 21.5 Å². The SMILES string of the molecule is C#Cc1cn(-c2c(Cl)cc(C(F)(F)F)cc2Cl)nc1NC(=O)OC(C)(C)C. The molecule has 1 aromatic heterocycles. The van der Waals surface area contributed by atoms with Crippen molar-refractivity contribution in [1.82, 2.24) is 9.78 Å². The predicted molar refractivity (Wildman–Crippen MR) is 96.4 cm³/mol. The van der Waals surface area contributed by atoms with Gasteiger partial charge < -0.3 is 4.74 Å². The van der Waals surface area contributed by atoms with Crippen molar-refractivity contribution in [1.29, 1.82) is 0 Å². The highest BCUT2D eigenvalue weighted by Gasteiger charge is 2.32. The average molecular weight is 420 g/mol. The number of alkyl halides is 3. The van der Waals surface area contributed by atoms with E-state index in [4.69, 9.17) is 34.4 Å². The van der Waals surface area contributed by atoms with E-state index >= 15 is 0 Å². The van der Waals surface area contributed by atoms with Crippen molar-refractivity contribution < 1.29 is 22.7 Å². The molecule has 1 N–H and O–H groups in total. The number of aromatic nitrogens is 2. The number of anilines is 1. The van der Waals surface area contributed by atoms with Gasteiger partial charge in [-0.05, 0) is 32.9 Å². The number of terminal acetylenes is 1. The summed E-state index contributed by atoms with van der Waals surface area (Å²) in [5.41, 5.74) is -1.60. The van der Waals surface area contributed by atoms with Crippen molar-refractivity contribution >= 4 is 35.1 Å². The lowest BCUT2D eigenvalue weighted by Gasteiger charge is -2.19. The Bertz CT molecular complexity index is 902. The zero-order valence-electron chi connectivity index (χ0n) is 14.4. The normalized spacial score (nSPS) is 11.8. The minimum absolute atomic E-state index is 0.0138. The molecule has 0 saturated carbocycles. The van der Waals surface area contributed by atoms with Crippen LogP contribution in [0.3, 0.4) is 0 Å². The molecule has 0 radical (unpaired) electrons. The van der Waals surface area contributed by atoms with Gasteiger partial charge in [-0.3, -0.25) is 5.32 Å². The third-order valence-electron chi connectivity index (χ3n) is 3.06. The van der Waals surface area contributed by atoms with Gasteiger partial charge in [0, 0.05) is 6.20 Å². The molecule has 1 amide bonds. The Balaban J connectivity index is 2.43. The highest BCUT2D eigenvalue weighted by molar-refractivity contribution is 6.37. The van der Waals surface area contributed by atoms with Crippen LogP contribution in [0.1, 0.15) is 31.9 Å². The first-order valence-corrected chi connectivity index (χ1v) is 8.20. The minimum atomic E-state index is -4.61. The van der Waals surface area contributed by atoms with Gasteiger partial charge in [0.2, 0.25) is 0 Å². The monoisotopic (exact) mass is 419 g/mol. The van der Waals surface area contributed by atoms with E-state index in [1.165, 1.54) is 6.20 Å².